The Hall–Kier alpha value is -6.06. The first-order valence-electron chi connectivity index (χ1n) is 26.2. The van der Waals surface area contributed by atoms with Gasteiger partial charge in [-0.25, -0.2) is 0 Å². The lowest BCUT2D eigenvalue weighted by molar-refractivity contribution is 0.673. The lowest BCUT2D eigenvalue weighted by Crippen LogP contribution is -1.93. The maximum absolute atomic E-state index is 9.61. The first kappa shape index (κ1) is 10.3. The molecule has 10 rings (SSSR count). The molecule has 0 saturated heterocycles. The van der Waals surface area contributed by atoms with E-state index in [0.29, 0.717) is 0 Å². The summed E-state index contributed by atoms with van der Waals surface area (Å²) in [5, 5.41) is -2.54. The van der Waals surface area contributed by atoms with Crippen molar-refractivity contribution in [1.29, 1.82) is 0 Å². The van der Waals surface area contributed by atoms with Crippen LogP contribution in [-0.2, 0) is 0 Å². The number of hydrogen-bond acceptors (Lipinski definition) is 1. The summed E-state index contributed by atoms with van der Waals surface area (Å²) in [6, 6.07) is -22.4. The molecular formula is C42H26N2O. The highest BCUT2D eigenvalue weighted by atomic mass is 16.3. The SMILES string of the molecule is [2H]c1c([2H])c([2H])c(-c2c([2H])c([2H])c(-n3c4c([2H])c([2H])c([2H])c([2H])c4c4c5c(oc6c5c([2H])c([2H])c5c6c6c([2H])c([2H])c([2H])c([2H])c6n5-c5c([2H])c([2H])c([2H])c([2H])c5[2H])c([2H])c([2H])c43)c([2H])c2[2H])c([2H])c1[2H]. The fraction of sp³-hybridized carbons (Fsp3) is 0. The predicted octanol–water partition coefficient (Wildman–Crippen LogP) is 11.4. The van der Waals surface area contributed by atoms with E-state index in [1.54, 1.807) is 0 Å². The fourth-order valence-electron chi connectivity index (χ4n) is 5.71. The molecule has 10 aromatic rings. The Kier molecular flexibility index (Phi) is 2.10. The number of rotatable bonds is 3. The second-order valence-electron chi connectivity index (χ2n) is 9.77. The zero-order valence-corrected chi connectivity index (χ0v) is 22.3. The van der Waals surface area contributed by atoms with Gasteiger partial charge in [0.2, 0.25) is 0 Å². The lowest BCUT2D eigenvalue weighted by Gasteiger charge is -2.09. The van der Waals surface area contributed by atoms with Crippen molar-refractivity contribution in [3.63, 3.8) is 0 Å². The molecule has 0 spiro atoms. The van der Waals surface area contributed by atoms with Crippen LogP contribution in [-0.4, -0.2) is 9.13 Å². The highest BCUT2D eigenvalue weighted by Crippen LogP contribution is 2.45. The fourth-order valence-corrected chi connectivity index (χ4v) is 5.71. The van der Waals surface area contributed by atoms with E-state index in [0.717, 1.165) is 9.13 Å². The average Bonchev–Trinajstić information content (AvgIpc) is 4.02. The van der Waals surface area contributed by atoms with Gasteiger partial charge in [-0.1, -0.05) is 96.7 Å². The van der Waals surface area contributed by atoms with Gasteiger partial charge in [-0.15, -0.1) is 0 Å². The molecular weight excluding hydrogens is 548 g/mol. The highest BCUT2D eigenvalue weighted by Gasteiger charge is 2.22. The normalized spacial score (nSPS) is 20.1. The van der Waals surface area contributed by atoms with Gasteiger partial charge in [0.25, 0.3) is 0 Å². The molecule has 0 bridgehead atoms. The van der Waals surface area contributed by atoms with Crippen molar-refractivity contribution in [2.24, 2.45) is 0 Å². The largest absolute Gasteiger partial charge is 0.455 e. The zero-order valence-electron chi connectivity index (χ0n) is 48.3. The number of furan rings is 1. The molecule has 45 heavy (non-hydrogen) atoms. The van der Waals surface area contributed by atoms with Gasteiger partial charge in [-0.05, 0) is 71.6 Å². The Labute approximate surface area is 295 Å². The molecule has 0 unspecified atom stereocenters. The topological polar surface area (TPSA) is 23.0 Å². The van der Waals surface area contributed by atoms with Crippen LogP contribution in [0.5, 0.6) is 0 Å². The summed E-state index contributed by atoms with van der Waals surface area (Å²) >= 11 is 0. The van der Waals surface area contributed by atoms with Gasteiger partial charge in [0, 0.05) is 38.3 Å². The van der Waals surface area contributed by atoms with Crippen LogP contribution < -0.4 is 0 Å². The van der Waals surface area contributed by atoms with Crippen LogP contribution in [0.3, 0.4) is 0 Å². The highest BCUT2D eigenvalue weighted by molar-refractivity contribution is 6.31. The van der Waals surface area contributed by atoms with Gasteiger partial charge in [0.1, 0.15) is 11.2 Å². The number of aromatic nitrogens is 2. The standard InChI is InChI=1S/C42H26N2O/c1-3-11-27(12-4-1)28-19-21-30(22-20-28)44-34-17-9-7-15-31(34)39-36(44)25-26-38-41(39)33-23-24-37-40(42(33)45-38)32-16-8-10-18-35(32)43(37)29-13-5-2-6-14-29/h1-26H/i1D,2D,3D,4D,5D,6D,7D,8D,9D,10D,11D,12D,13D,14D,15D,16D,17D,18D,19D,20D,21D,22D,23D,24D,25D,26D. The maximum atomic E-state index is 9.61. The number of benzene rings is 7. The van der Waals surface area contributed by atoms with Crippen molar-refractivity contribution in [1.82, 2.24) is 9.13 Å². The van der Waals surface area contributed by atoms with E-state index in [4.69, 9.17) is 29.1 Å². The van der Waals surface area contributed by atoms with Crippen LogP contribution in [0.25, 0.3) is 88.1 Å². The van der Waals surface area contributed by atoms with Crippen molar-refractivity contribution >= 4 is 65.6 Å². The molecule has 0 saturated carbocycles. The summed E-state index contributed by atoms with van der Waals surface area (Å²) in [4.78, 5) is 0. The number of hydrogen-bond donors (Lipinski definition) is 0. The number of nitrogens with zero attached hydrogens (tertiary/aromatic N) is 2. The molecule has 0 aliphatic carbocycles. The van der Waals surface area contributed by atoms with Crippen LogP contribution in [0, 0.1) is 0 Å². The quantitative estimate of drug-likeness (QED) is 0.198. The van der Waals surface area contributed by atoms with Crippen LogP contribution in [0.15, 0.2) is 162 Å². The first-order valence-corrected chi connectivity index (χ1v) is 13.2. The predicted molar refractivity (Wildman–Crippen MR) is 188 cm³/mol. The zero-order chi connectivity index (χ0) is 52.1. The molecule has 0 radical (unpaired) electrons. The van der Waals surface area contributed by atoms with Crippen LogP contribution in [0.4, 0.5) is 0 Å². The second-order valence-corrected chi connectivity index (χ2v) is 9.77. The monoisotopic (exact) mass is 600 g/mol. The summed E-state index contributed by atoms with van der Waals surface area (Å²) in [6.07, 6.45) is 0. The summed E-state index contributed by atoms with van der Waals surface area (Å²) in [7, 11) is 0. The molecule has 3 nitrogen and oxygen atoms in total. The summed E-state index contributed by atoms with van der Waals surface area (Å²) in [6.45, 7) is 0. The minimum Gasteiger partial charge on any atom is -0.455 e. The molecule has 210 valence electrons. The van der Waals surface area contributed by atoms with Gasteiger partial charge in [-0.3, -0.25) is 0 Å². The van der Waals surface area contributed by atoms with Gasteiger partial charge in [0.15, 0.2) is 0 Å². The third-order valence-corrected chi connectivity index (χ3v) is 7.48. The van der Waals surface area contributed by atoms with E-state index >= 15 is 0 Å². The summed E-state index contributed by atoms with van der Waals surface area (Å²) in [5.41, 5.74) is -6.13. The Bertz CT molecular complexity index is 4160. The van der Waals surface area contributed by atoms with E-state index in [1.165, 1.54) is 0 Å². The average molecular weight is 601 g/mol. The molecule has 3 heterocycles. The Morgan fingerprint density at radius 1 is 0.378 bits per heavy atom. The molecule has 0 fully saturated rings. The van der Waals surface area contributed by atoms with E-state index in [9.17, 15) is 11.0 Å². The molecule has 0 atom stereocenters. The van der Waals surface area contributed by atoms with Crippen molar-refractivity contribution in [2.75, 3.05) is 0 Å². The molecule has 0 amide bonds. The van der Waals surface area contributed by atoms with Gasteiger partial charge >= 0.3 is 0 Å². The molecule has 3 aromatic heterocycles. The van der Waals surface area contributed by atoms with Gasteiger partial charge in [0.05, 0.1) is 63.1 Å². The number of fused-ring (bicyclic) bond motifs is 11. The summed E-state index contributed by atoms with van der Waals surface area (Å²) in [5.74, 6) is 0. The van der Waals surface area contributed by atoms with E-state index in [1.807, 2.05) is 0 Å². The van der Waals surface area contributed by atoms with E-state index < -0.39 is 240 Å². The molecule has 3 heteroatoms. The minimum absolute atomic E-state index is 0.388. The van der Waals surface area contributed by atoms with Crippen LogP contribution in [0.1, 0.15) is 35.6 Å². The molecule has 7 aromatic carbocycles. The smallest absolute Gasteiger partial charge is 0.145 e. The summed E-state index contributed by atoms with van der Waals surface area (Å²) < 4.78 is 239. The van der Waals surface area contributed by atoms with Crippen LogP contribution in [0.2, 0.25) is 0 Å². The molecule has 0 aliphatic heterocycles. The third kappa shape index (κ3) is 3.41. The maximum Gasteiger partial charge on any atom is 0.145 e. The molecule has 0 aliphatic rings. The van der Waals surface area contributed by atoms with Crippen LogP contribution >= 0.6 is 0 Å². The third-order valence-electron chi connectivity index (χ3n) is 7.48. The Balaban J connectivity index is 1.48. The first-order chi connectivity index (χ1) is 33.2. The van der Waals surface area contributed by atoms with Crippen molar-refractivity contribution in [3.05, 3.63) is 157 Å². The van der Waals surface area contributed by atoms with Gasteiger partial charge in [-0.2, -0.15) is 0 Å². The second kappa shape index (κ2) is 9.22. The Morgan fingerprint density at radius 3 is 1.62 bits per heavy atom. The minimum atomic E-state index is -0.993. The number of para-hydroxylation sites is 3. The van der Waals surface area contributed by atoms with Crippen molar-refractivity contribution in [2.45, 2.75) is 0 Å². The van der Waals surface area contributed by atoms with E-state index in [2.05, 4.69) is 0 Å². The van der Waals surface area contributed by atoms with Gasteiger partial charge < -0.3 is 13.6 Å². The molecule has 0 N–H and O–H groups in total. The lowest BCUT2D eigenvalue weighted by atomic mass is 10.0. The Morgan fingerprint density at radius 2 is 0.911 bits per heavy atom. The van der Waals surface area contributed by atoms with Crippen molar-refractivity contribution < 1.29 is 40.1 Å². The van der Waals surface area contributed by atoms with E-state index in [-0.39, 0.29) is 5.39 Å². The van der Waals surface area contributed by atoms with Crippen molar-refractivity contribution in [3.8, 4) is 22.5 Å².